The molecule has 1 aliphatic carbocycles. The van der Waals surface area contributed by atoms with Crippen LogP contribution in [0.3, 0.4) is 0 Å². The molecule has 3 aliphatic rings. The van der Waals surface area contributed by atoms with Crippen molar-refractivity contribution < 1.29 is 24.0 Å². The van der Waals surface area contributed by atoms with Crippen molar-refractivity contribution in [3.63, 3.8) is 0 Å². The summed E-state index contributed by atoms with van der Waals surface area (Å²) in [6.07, 6.45) is 5.73. The summed E-state index contributed by atoms with van der Waals surface area (Å²) in [6.45, 7) is 1.05. The lowest BCUT2D eigenvalue weighted by atomic mass is 9.64. The molecule has 132 valence electrons. The normalized spacial score (nSPS) is 25.1. The van der Waals surface area contributed by atoms with E-state index in [9.17, 15) is 14.4 Å². The maximum Gasteiger partial charge on any atom is 0.337 e. The predicted octanol–water partition coefficient (Wildman–Crippen LogP) is 2.73. The standard InChI is InChI=1S/C19H21NO5/c21-16-13-6-2-3-7-14(13)17(22)20(16)25-18(23)15-8-11-24-12-19(15)9-4-1-5-10-19/h2-3,6-7,15H,1,4-5,8-12H2. The number of benzene rings is 1. The number of hydroxylamine groups is 2. The number of amides is 2. The van der Waals surface area contributed by atoms with Crippen LogP contribution in [-0.2, 0) is 14.4 Å². The number of carbonyl (C=O) groups excluding carboxylic acids is 3. The Hall–Kier alpha value is -2.21. The van der Waals surface area contributed by atoms with E-state index in [1.807, 2.05) is 0 Å². The number of hydrogen-bond acceptors (Lipinski definition) is 5. The summed E-state index contributed by atoms with van der Waals surface area (Å²) in [4.78, 5) is 43.0. The Kier molecular flexibility index (Phi) is 4.07. The van der Waals surface area contributed by atoms with Crippen LogP contribution in [0.1, 0.15) is 59.2 Å². The highest BCUT2D eigenvalue weighted by atomic mass is 16.7. The molecular formula is C19H21NO5. The second-order valence-electron chi connectivity index (χ2n) is 7.18. The van der Waals surface area contributed by atoms with Crippen molar-refractivity contribution in [2.45, 2.75) is 38.5 Å². The van der Waals surface area contributed by atoms with Gasteiger partial charge in [-0.05, 0) is 31.4 Å². The Morgan fingerprint density at radius 2 is 1.72 bits per heavy atom. The van der Waals surface area contributed by atoms with E-state index in [0.29, 0.717) is 24.7 Å². The number of rotatable bonds is 2. The van der Waals surface area contributed by atoms with Crippen molar-refractivity contribution >= 4 is 17.8 Å². The molecule has 2 amide bonds. The molecule has 25 heavy (non-hydrogen) atoms. The molecule has 1 atom stereocenters. The fourth-order valence-electron chi connectivity index (χ4n) is 4.40. The van der Waals surface area contributed by atoms with Gasteiger partial charge in [0.2, 0.25) is 0 Å². The molecule has 2 heterocycles. The van der Waals surface area contributed by atoms with E-state index < -0.39 is 17.8 Å². The molecule has 0 N–H and O–H groups in total. The zero-order chi connectivity index (χ0) is 17.4. The second kappa shape index (κ2) is 6.26. The summed E-state index contributed by atoms with van der Waals surface area (Å²) < 4.78 is 5.65. The molecule has 1 unspecified atom stereocenters. The average molecular weight is 343 g/mol. The van der Waals surface area contributed by atoms with Crippen molar-refractivity contribution in [2.24, 2.45) is 11.3 Å². The zero-order valence-electron chi connectivity index (χ0n) is 14.0. The predicted molar refractivity (Wildman–Crippen MR) is 87.5 cm³/mol. The number of hydrogen-bond donors (Lipinski definition) is 0. The Labute approximate surface area is 146 Å². The first-order valence-electron chi connectivity index (χ1n) is 8.90. The fraction of sp³-hybridized carbons (Fsp3) is 0.526. The van der Waals surface area contributed by atoms with Crippen molar-refractivity contribution in [1.29, 1.82) is 0 Å². The molecule has 6 heteroatoms. The molecule has 2 fully saturated rings. The summed E-state index contributed by atoms with van der Waals surface area (Å²) in [6, 6.07) is 6.51. The van der Waals surface area contributed by atoms with Gasteiger partial charge in [0.25, 0.3) is 11.8 Å². The van der Waals surface area contributed by atoms with Gasteiger partial charge in [0.05, 0.1) is 23.7 Å². The summed E-state index contributed by atoms with van der Waals surface area (Å²) in [5, 5.41) is 0.624. The smallest absolute Gasteiger partial charge is 0.337 e. The third-order valence-electron chi connectivity index (χ3n) is 5.75. The van der Waals surface area contributed by atoms with E-state index in [1.54, 1.807) is 24.3 Å². The minimum Gasteiger partial charge on any atom is -0.381 e. The Bertz CT molecular complexity index is 679. The van der Waals surface area contributed by atoms with Gasteiger partial charge in [0, 0.05) is 12.0 Å². The van der Waals surface area contributed by atoms with E-state index in [4.69, 9.17) is 9.57 Å². The number of ether oxygens (including phenoxy) is 1. The molecule has 0 bridgehead atoms. The zero-order valence-corrected chi connectivity index (χ0v) is 14.0. The molecule has 1 saturated heterocycles. The lowest BCUT2D eigenvalue weighted by Gasteiger charge is -2.45. The van der Waals surface area contributed by atoms with E-state index in [0.717, 1.165) is 25.7 Å². The molecule has 0 aromatic heterocycles. The van der Waals surface area contributed by atoms with Crippen molar-refractivity contribution in [3.8, 4) is 0 Å². The Morgan fingerprint density at radius 1 is 1.08 bits per heavy atom. The summed E-state index contributed by atoms with van der Waals surface area (Å²) >= 11 is 0. The fourth-order valence-corrected chi connectivity index (χ4v) is 4.40. The quantitative estimate of drug-likeness (QED) is 0.772. The van der Waals surface area contributed by atoms with Crippen LogP contribution in [-0.4, -0.2) is 36.1 Å². The maximum absolute atomic E-state index is 12.8. The largest absolute Gasteiger partial charge is 0.381 e. The third kappa shape index (κ3) is 2.65. The van der Waals surface area contributed by atoms with Crippen LogP contribution >= 0.6 is 0 Å². The lowest BCUT2D eigenvalue weighted by Crippen LogP contribution is -2.48. The molecule has 1 saturated carbocycles. The summed E-state index contributed by atoms with van der Waals surface area (Å²) in [5.41, 5.74) is 0.339. The number of nitrogens with zero attached hydrogens (tertiary/aromatic N) is 1. The molecule has 0 radical (unpaired) electrons. The van der Waals surface area contributed by atoms with Crippen LogP contribution in [0.4, 0.5) is 0 Å². The highest BCUT2D eigenvalue weighted by Gasteiger charge is 2.48. The highest BCUT2D eigenvalue weighted by molar-refractivity contribution is 6.20. The molecule has 1 spiro atoms. The van der Waals surface area contributed by atoms with Gasteiger partial charge in [-0.25, -0.2) is 4.79 Å². The summed E-state index contributed by atoms with van der Waals surface area (Å²) in [5.74, 6) is -1.96. The molecule has 1 aromatic carbocycles. The Balaban J connectivity index is 1.54. The van der Waals surface area contributed by atoms with Crippen LogP contribution in [0.15, 0.2) is 24.3 Å². The van der Waals surface area contributed by atoms with Gasteiger partial charge in [-0.2, -0.15) is 0 Å². The van der Waals surface area contributed by atoms with Crippen molar-refractivity contribution in [1.82, 2.24) is 5.06 Å². The van der Waals surface area contributed by atoms with Crippen LogP contribution in [0.5, 0.6) is 0 Å². The van der Waals surface area contributed by atoms with E-state index >= 15 is 0 Å². The van der Waals surface area contributed by atoms with Crippen LogP contribution in [0, 0.1) is 11.3 Å². The first-order valence-corrected chi connectivity index (χ1v) is 8.90. The lowest BCUT2D eigenvalue weighted by molar-refractivity contribution is -0.188. The van der Waals surface area contributed by atoms with Crippen LogP contribution in [0.2, 0.25) is 0 Å². The van der Waals surface area contributed by atoms with E-state index in [1.165, 1.54) is 6.42 Å². The monoisotopic (exact) mass is 343 g/mol. The van der Waals surface area contributed by atoms with Crippen molar-refractivity contribution in [2.75, 3.05) is 13.2 Å². The minimum absolute atomic E-state index is 0.216. The first-order chi connectivity index (χ1) is 12.1. The number of imide groups is 1. The molecule has 4 rings (SSSR count). The minimum atomic E-state index is -0.571. The Morgan fingerprint density at radius 3 is 2.36 bits per heavy atom. The molecule has 1 aromatic rings. The highest BCUT2D eigenvalue weighted by Crippen LogP contribution is 2.47. The second-order valence-corrected chi connectivity index (χ2v) is 7.18. The van der Waals surface area contributed by atoms with Crippen molar-refractivity contribution in [3.05, 3.63) is 35.4 Å². The van der Waals surface area contributed by atoms with Gasteiger partial charge in [0.1, 0.15) is 0 Å². The van der Waals surface area contributed by atoms with E-state index in [2.05, 4.69) is 0 Å². The summed E-state index contributed by atoms with van der Waals surface area (Å²) in [7, 11) is 0. The SMILES string of the molecule is O=C(ON1C(=O)c2ccccc2C1=O)C1CCOCC12CCCCC2. The van der Waals surface area contributed by atoms with Gasteiger partial charge in [-0.15, -0.1) is 0 Å². The molecule has 2 aliphatic heterocycles. The van der Waals surface area contributed by atoms with Crippen LogP contribution < -0.4 is 0 Å². The van der Waals surface area contributed by atoms with E-state index in [-0.39, 0.29) is 22.5 Å². The van der Waals surface area contributed by atoms with Gasteiger partial charge in [0.15, 0.2) is 0 Å². The topological polar surface area (TPSA) is 72.9 Å². The number of carbonyl (C=O) groups is 3. The van der Waals surface area contributed by atoms with Gasteiger partial charge in [-0.1, -0.05) is 36.5 Å². The maximum atomic E-state index is 12.8. The number of fused-ring (bicyclic) bond motifs is 1. The molecular weight excluding hydrogens is 322 g/mol. The average Bonchev–Trinajstić information content (AvgIpc) is 2.88. The molecule has 6 nitrogen and oxygen atoms in total. The van der Waals surface area contributed by atoms with Gasteiger partial charge < -0.3 is 9.57 Å². The first kappa shape index (κ1) is 16.3. The third-order valence-corrected chi connectivity index (χ3v) is 5.75. The van der Waals surface area contributed by atoms with Crippen LogP contribution in [0.25, 0.3) is 0 Å². The van der Waals surface area contributed by atoms with Gasteiger partial charge >= 0.3 is 5.97 Å². The van der Waals surface area contributed by atoms with Gasteiger partial charge in [-0.3, -0.25) is 9.59 Å².